The van der Waals surface area contributed by atoms with Crippen molar-refractivity contribution in [2.75, 3.05) is 33.2 Å². The third kappa shape index (κ3) is 5.89. The van der Waals surface area contributed by atoms with Crippen LogP contribution in [0.3, 0.4) is 0 Å². The molecule has 13 heteroatoms. The van der Waals surface area contributed by atoms with Crippen LogP contribution < -0.4 is 5.32 Å². The summed E-state index contributed by atoms with van der Waals surface area (Å²) in [4.78, 5) is 16.9. The molecule has 0 saturated carbocycles. The average Bonchev–Trinajstić information content (AvgIpc) is 3.21. The Hall–Kier alpha value is -2.26. The molecule has 1 fully saturated rings. The minimum atomic E-state index is -3.48. The highest BCUT2D eigenvalue weighted by atomic mass is 127. The molecule has 0 atom stereocenters. The Morgan fingerprint density at radius 2 is 1.97 bits per heavy atom. The molecule has 2 aromatic rings. The van der Waals surface area contributed by atoms with Crippen molar-refractivity contribution >= 4 is 45.6 Å². The summed E-state index contributed by atoms with van der Waals surface area (Å²) in [5.41, 5.74) is 0.959. The Morgan fingerprint density at radius 1 is 1.27 bits per heavy atom. The number of aromatic nitrogens is 1. The van der Waals surface area contributed by atoms with Crippen molar-refractivity contribution in [3.05, 3.63) is 58.0 Å². The van der Waals surface area contributed by atoms with Gasteiger partial charge in [0.2, 0.25) is 10.0 Å². The topological polar surface area (TPSA) is 134 Å². The second-order valence-electron chi connectivity index (χ2n) is 6.42. The molecule has 1 aliphatic rings. The second-order valence-corrected chi connectivity index (χ2v) is 8.39. The number of nitro benzene ring substituents is 1. The van der Waals surface area contributed by atoms with E-state index in [1.54, 1.807) is 25.2 Å². The van der Waals surface area contributed by atoms with Crippen molar-refractivity contribution in [2.45, 2.75) is 12.3 Å². The standard InChI is InChI=1S/C17H22N6O5S.HI/c1-18-17(19-12-14-4-2-3-5-16(14)23(24)25)21-7-9-22(10-8-21)29(26,27)13-15-6-11-28-20-15;/h2-6,11H,7-10,12-13H2,1H3,(H,18,19);1H. The largest absolute Gasteiger partial charge is 0.364 e. The Kier molecular flexibility index (Phi) is 8.54. The summed E-state index contributed by atoms with van der Waals surface area (Å²) in [6.07, 6.45) is 1.34. The minimum absolute atomic E-state index is 0. The van der Waals surface area contributed by atoms with Gasteiger partial charge >= 0.3 is 0 Å². The third-order valence-electron chi connectivity index (χ3n) is 4.59. The van der Waals surface area contributed by atoms with Gasteiger partial charge in [0.25, 0.3) is 5.69 Å². The molecule has 0 spiro atoms. The lowest BCUT2D eigenvalue weighted by atomic mass is 10.2. The summed E-state index contributed by atoms with van der Waals surface area (Å²) in [6.45, 7) is 1.77. The molecule has 1 aromatic carbocycles. The maximum atomic E-state index is 12.5. The molecule has 1 saturated heterocycles. The Morgan fingerprint density at radius 3 is 2.57 bits per heavy atom. The fraction of sp³-hybridized carbons (Fsp3) is 0.412. The molecule has 2 heterocycles. The highest BCUT2D eigenvalue weighted by Crippen LogP contribution is 2.17. The highest BCUT2D eigenvalue weighted by Gasteiger charge is 2.29. The van der Waals surface area contributed by atoms with Crippen LogP contribution in [0.5, 0.6) is 0 Å². The van der Waals surface area contributed by atoms with E-state index in [0.717, 1.165) is 0 Å². The molecule has 0 radical (unpaired) electrons. The van der Waals surface area contributed by atoms with Gasteiger partial charge in [-0.15, -0.1) is 24.0 Å². The van der Waals surface area contributed by atoms with E-state index in [-0.39, 0.29) is 42.0 Å². The second kappa shape index (κ2) is 10.7. The zero-order chi connectivity index (χ0) is 20.9. The monoisotopic (exact) mass is 550 g/mol. The first kappa shape index (κ1) is 24.0. The SMILES string of the molecule is CN=C(NCc1ccccc1[N+](=O)[O-])N1CCN(S(=O)(=O)Cc2ccon2)CC1.I. The molecule has 0 amide bonds. The number of hydrogen-bond donors (Lipinski definition) is 1. The molecule has 0 aliphatic carbocycles. The highest BCUT2D eigenvalue weighted by molar-refractivity contribution is 14.0. The van der Waals surface area contributed by atoms with E-state index in [0.29, 0.717) is 43.4 Å². The van der Waals surface area contributed by atoms with Gasteiger partial charge in [0, 0.05) is 57.5 Å². The average molecular weight is 550 g/mol. The smallest absolute Gasteiger partial charge is 0.274 e. The normalized spacial score (nSPS) is 15.5. The van der Waals surface area contributed by atoms with E-state index in [2.05, 4.69) is 20.0 Å². The molecule has 1 aromatic heterocycles. The van der Waals surface area contributed by atoms with E-state index in [4.69, 9.17) is 0 Å². The van der Waals surface area contributed by atoms with Gasteiger partial charge in [-0.25, -0.2) is 8.42 Å². The number of benzene rings is 1. The number of piperazine rings is 1. The quantitative estimate of drug-likeness (QED) is 0.188. The number of para-hydroxylation sites is 1. The number of rotatable bonds is 6. The molecule has 11 nitrogen and oxygen atoms in total. The molecule has 30 heavy (non-hydrogen) atoms. The zero-order valence-corrected chi connectivity index (χ0v) is 19.4. The summed E-state index contributed by atoms with van der Waals surface area (Å²) in [6, 6.07) is 8.04. The molecular weight excluding hydrogens is 527 g/mol. The van der Waals surface area contributed by atoms with Gasteiger partial charge in [-0.1, -0.05) is 23.4 Å². The molecule has 0 bridgehead atoms. The first-order chi connectivity index (χ1) is 13.9. The molecule has 1 N–H and O–H groups in total. The van der Waals surface area contributed by atoms with Gasteiger partial charge in [0.05, 0.1) is 10.6 Å². The van der Waals surface area contributed by atoms with Gasteiger partial charge in [-0.3, -0.25) is 15.1 Å². The predicted molar refractivity (Wildman–Crippen MR) is 121 cm³/mol. The van der Waals surface area contributed by atoms with Crippen LogP contribution in [0.25, 0.3) is 0 Å². The lowest BCUT2D eigenvalue weighted by Gasteiger charge is -2.35. The fourth-order valence-electron chi connectivity index (χ4n) is 3.11. The van der Waals surface area contributed by atoms with Crippen LogP contribution in [-0.2, 0) is 22.3 Å². The fourth-order valence-corrected chi connectivity index (χ4v) is 4.54. The van der Waals surface area contributed by atoms with Gasteiger partial charge in [0.1, 0.15) is 12.0 Å². The van der Waals surface area contributed by atoms with E-state index >= 15 is 0 Å². The number of nitrogens with zero attached hydrogens (tertiary/aromatic N) is 5. The van der Waals surface area contributed by atoms with Crippen molar-refractivity contribution in [1.82, 2.24) is 19.7 Å². The maximum absolute atomic E-state index is 12.5. The number of aliphatic imine (C=N–C) groups is 1. The minimum Gasteiger partial charge on any atom is -0.364 e. The van der Waals surface area contributed by atoms with E-state index in [1.807, 2.05) is 4.90 Å². The molecule has 0 unspecified atom stereocenters. The molecule has 1 aliphatic heterocycles. The third-order valence-corrected chi connectivity index (χ3v) is 6.40. The van der Waals surface area contributed by atoms with Crippen molar-refractivity contribution in [1.29, 1.82) is 0 Å². The molecule has 3 rings (SSSR count). The lowest BCUT2D eigenvalue weighted by Crippen LogP contribution is -2.53. The zero-order valence-electron chi connectivity index (χ0n) is 16.3. The Balaban J connectivity index is 0.00000320. The summed E-state index contributed by atoms with van der Waals surface area (Å²) in [7, 11) is -1.86. The van der Waals surface area contributed by atoms with Crippen LogP contribution in [-0.4, -0.2) is 66.9 Å². The number of halogens is 1. The van der Waals surface area contributed by atoms with E-state index in [1.165, 1.54) is 22.7 Å². The summed E-state index contributed by atoms with van der Waals surface area (Å²) < 4.78 is 31.2. The number of sulfonamides is 1. The maximum Gasteiger partial charge on any atom is 0.274 e. The van der Waals surface area contributed by atoms with Crippen LogP contribution in [0.2, 0.25) is 0 Å². The molecular formula is C17H23IN6O5S. The van der Waals surface area contributed by atoms with Crippen LogP contribution >= 0.6 is 24.0 Å². The van der Waals surface area contributed by atoms with Crippen LogP contribution in [0.4, 0.5) is 5.69 Å². The number of nitrogens with one attached hydrogen (secondary N) is 1. The van der Waals surface area contributed by atoms with Crippen LogP contribution in [0.15, 0.2) is 46.1 Å². The van der Waals surface area contributed by atoms with Crippen LogP contribution in [0.1, 0.15) is 11.3 Å². The van der Waals surface area contributed by atoms with Gasteiger partial charge in [0.15, 0.2) is 5.96 Å². The predicted octanol–water partition coefficient (Wildman–Crippen LogP) is 1.42. The van der Waals surface area contributed by atoms with Crippen molar-refractivity contribution in [3.8, 4) is 0 Å². The number of guanidine groups is 1. The van der Waals surface area contributed by atoms with Gasteiger partial charge in [-0.2, -0.15) is 4.31 Å². The first-order valence-corrected chi connectivity index (χ1v) is 10.6. The van der Waals surface area contributed by atoms with Gasteiger partial charge < -0.3 is 14.7 Å². The lowest BCUT2D eigenvalue weighted by molar-refractivity contribution is -0.385. The summed E-state index contributed by atoms with van der Waals surface area (Å²) in [5, 5.41) is 17.9. The van der Waals surface area contributed by atoms with Crippen LogP contribution in [0, 0.1) is 10.1 Å². The summed E-state index contributed by atoms with van der Waals surface area (Å²) in [5.74, 6) is 0.366. The Labute approximate surface area is 191 Å². The first-order valence-electron chi connectivity index (χ1n) is 8.95. The molecule has 164 valence electrons. The van der Waals surface area contributed by atoms with Crippen molar-refractivity contribution in [2.24, 2.45) is 4.99 Å². The van der Waals surface area contributed by atoms with Crippen molar-refractivity contribution < 1.29 is 17.9 Å². The van der Waals surface area contributed by atoms with Crippen molar-refractivity contribution in [3.63, 3.8) is 0 Å². The summed E-state index contributed by atoms with van der Waals surface area (Å²) >= 11 is 0. The number of nitro groups is 1. The van der Waals surface area contributed by atoms with E-state index < -0.39 is 14.9 Å². The number of hydrogen-bond acceptors (Lipinski definition) is 7. The van der Waals surface area contributed by atoms with Gasteiger partial charge in [-0.05, 0) is 0 Å². The van der Waals surface area contributed by atoms with E-state index in [9.17, 15) is 18.5 Å². The Bertz CT molecular complexity index is 974.